The minimum absolute atomic E-state index is 0.332. The molecule has 5 heteroatoms. The van der Waals surface area contributed by atoms with E-state index in [-0.39, 0.29) is 5.82 Å². The first-order valence-corrected chi connectivity index (χ1v) is 5.67. The van der Waals surface area contributed by atoms with Gasteiger partial charge in [0, 0.05) is 12.7 Å². The van der Waals surface area contributed by atoms with Gasteiger partial charge in [0.1, 0.15) is 0 Å². The highest BCUT2D eigenvalue weighted by atomic mass is 19.1. The lowest BCUT2D eigenvalue weighted by molar-refractivity contribution is 0.539. The molecule has 0 aromatic carbocycles. The molecule has 0 saturated heterocycles. The van der Waals surface area contributed by atoms with E-state index in [1.807, 2.05) is 13.8 Å². The van der Waals surface area contributed by atoms with Gasteiger partial charge in [0.15, 0.2) is 11.6 Å². The number of hydrogen-bond donors (Lipinski definition) is 1. The van der Waals surface area contributed by atoms with Crippen molar-refractivity contribution in [1.82, 2.24) is 9.55 Å². The van der Waals surface area contributed by atoms with Crippen LogP contribution in [0.25, 0.3) is 0 Å². The summed E-state index contributed by atoms with van der Waals surface area (Å²) in [5.41, 5.74) is 4.66. The number of hydrogen-bond acceptors (Lipinski definition) is 3. The average Bonchev–Trinajstić information content (AvgIpc) is 2.28. The molecule has 1 aromatic heterocycles. The van der Waals surface area contributed by atoms with Crippen molar-refractivity contribution < 1.29 is 4.39 Å². The van der Waals surface area contributed by atoms with Crippen molar-refractivity contribution in [3.8, 4) is 0 Å². The Morgan fingerprint density at radius 2 is 2.06 bits per heavy atom. The number of halogens is 1. The molecule has 16 heavy (non-hydrogen) atoms. The van der Waals surface area contributed by atoms with Crippen molar-refractivity contribution >= 4 is 5.82 Å². The van der Waals surface area contributed by atoms with Crippen LogP contribution in [0.3, 0.4) is 0 Å². The second kappa shape index (κ2) is 7.84. The number of nitrogen functional groups attached to an aromatic ring is 1. The predicted molar refractivity (Wildman–Crippen MR) is 63.7 cm³/mol. The third kappa shape index (κ3) is 4.42. The highest BCUT2D eigenvalue weighted by Gasteiger charge is 2.04. The van der Waals surface area contributed by atoms with Gasteiger partial charge in [-0.3, -0.25) is 4.57 Å². The fourth-order valence-electron chi connectivity index (χ4n) is 1.17. The van der Waals surface area contributed by atoms with Crippen LogP contribution in [-0.4, -0.2) is 9.55 Å². The molecule has 1 heterocycles. The lowest BCUT2D eigenvalue weighted by atomic mass is 10.2. The first-order chi connectivity index (χ1) is 7.65. The van der Waals surface area contributed by atoms with Crippen LogP contribution >= 0.6 is 0 Å². The van der Waals surface area contributed by atoms with E-state index >= 15 is 0 Å². The highest BCUT2D eigenvalue weighted by molar-refractivity contribution is 5.26. The van der Waals surface area contributed by atoms with Crippen LogP contribution in [0.15, 0.2) is 11.0 Å². The Hall–Kier alpha value is -1.39. The number of nitrogens with two attached hydrogens (primary N) is 1. The molecule has 0 amide bonds. The van der Waals surface area contributed by atoms with Crippen LogP contribution < -0.4 is 11.4 Å². The summed E-state index contributed by atoms with van der Waals surface area (Å²) in [4.78, 5) is 14.6. The molecule has 0 spiro atoms. The summed E-state index contributed by atoms with van der Waals surface area (Å²) in [7, 11) is 0. The first kappa shape index (κ1) is 14.6. The monoisotopic (exact) mass is 229 g/mol. The van der Waals surface area contributed by atoms with E-state index in [2.05, 4.69) is 11.9 Å². The largest absolute Gasteiger partial charge is 0.381 e. The Kier molecular flexibility index (Phi) is 7.16. The van der Waals surface area contributed by atoms with Gasteiger partial charge in [-0.05, 0) is 6.42 Å². The minimum Gasteiger partial charge on any atom is -0.381 e. The molecule has 2 N–H and O–H groups in total. The summed E-state index contributed by atoms with van der Waals surface area (Å²) in [6.45, 7) is 6.56. The molecule has 0 radical (unpaired) electrons. The quantitative estimate of drug-likeness (QED) is 0.805. The van der Waals surface area contributed by atoms with E-state index in [1.165, 1.54) is 4.57 Å². The van der Waals surface area contributed by atoms with Crippen LogP contribution in [-0.2, 0) is 6.54 Å². The Balaban J connectivity index is 0.00000106. The molecule has 0 fully saturated rings. The number of aryl methyl sites for hydroxylation is 1. The van der Waals surface area contributed by atoms with Crippen LogP contribution in [0.1, 0.15) is 40.0 Å². The number of rotatable bonds is 4. The van der Waals surface area contributed by atoms with Crippen molar-refractivity contribution in [2.24, 2.45) is 0 Å². The molecule has 0 atom stereocenters. The SMILES string of the molecule is CC.CCCCCn1cc(F)c(N)nc1=O. The maximum atomic E-state index is 12.9. The van der Waals surface area contributed by atoms with E-state index < -0.39 is 11.5 Å². The van der Waals surface area contributed by atoms with Crippen molar-refractivity contribution in [2.75, 3.05) is 5.73 Å². The fourth-order valence-corrected chi connectivity index (χ4v) is 1.17. The van der Waals surface area contributed by atoms with E-state index in [1.54, 1.807) is 0 Å². The van der Waals surface area contributed by atoms with Crippen molar-refractivity contribution in [3.63, 3.8) is 0 Å². The van der Waals surface area contributed by atoms with Crippen LogP contribution in [0.5, 0.6) is 0 Å². The molecule has 1 aromatic rings. The number of anilines is 1. The van der Waals surface area contributed by atoms with Crippen LogP contribution in [0.2, 0.25) is 0 Å². The number of unbranched alkanes of at least 4 members (excludes halogenated alkanes) is 2. The van der Waals surface area contributed by atoms with E-state index in [4.69, 9.17) is 5.73 Å². The van der Waals surface area contributed by atoms with Gasteiger partial charge in [-0.15, -0.1) is 0 Å². The number of aromatic nitrogens is 2. The Morgan fingerprint density at radius 3 is 2.62 bits per heavy atom. The summed E-state index contributed by atoms with van der Waals surface area (Å²) in [6.07, 6.45) is 4.03. The van der Waals surface area contributed by atoms with Crippen LogP contribution in [0, 0.1) is 5.82 Å². The Morgan fingerprint density at radius 1 is 1.44 bits per heavy atom. The number of nitrogens with zero attached hydrogens (tertiary/aromatic N) is 2. The lowest BCUT2D eigenvalue weighted by Crippen LogP contribution is -2.24. The maximum Gasteiger partial charge on any atom is 0.349 e. The van der Waals surface area contributed by atoms with E-state index in [0.29, 0.717) is 6.54 Å². The van der Waals surface area contributed by atoms with Gasteiger partial charge >= 0.3 is 5.69 Å². The molecular formula is C11H20FN3O. The third-order valence-corrected chi connectivity index (χ3v) is 1.98. The molecule has 92 valence electrons. The lowest BCUT2D eigenvalue weighted by Gasteiger charge is -2.04. The minimum atomic E-state index is -0.638. The Labute approximate surface area is 95.3 Å². The molecule has 4 nitrogen and oxygen atoms in total. The van der Waals surface area contributed by atoms with Gasteiger partial charge in [-0.25, -0.2) is 9.18 Å². The molecule has 0 aliphatic carbocycles. The zero-order valence-corrected chi connectivity index (χ0v) is 10.2. The van der Waals surface area contributed by atoms with Crippen molar-refractivity contribution in [1.29, 1.82) is 0 Å². The summed E-state index contributed by atoms with van der Waals surface area (Å²) in [5, 5.41) is 0. The summed E-state index contributed by atoms with van der Waals surface area (Å²) >= 11 is 0. The smallest absolute Gasteiger partial charge is 0.349 e. The summed E-state index contributed by atoms with van der Waals surface area (Å²) < 4.78 is 14.2. The standard InChI is InChI=1S/C9H14FN3O.C2H6/c1-2-3-4-5-13-6-7(10)8(11)12-9(13)14;1-2/h6H,2-5H2,1H3,(H2,11,12,14);1-2H3. The van der Waals surface area contributed by atoms with Crippen LogP contribution in [0.4, 0.5) is 10.2 Å². The second-order valence-corrected chi connectivity index (χ2v) is 3.16. The molecule has 0 aliphatic rings. The van der Waals surface area contributed by atoms with Gasteiger partial charge in [-0.1, -0.05) is 33.6 Å². The molecule has 0 unspecified atom stereocenters. The highest BCUT2D eigenvalue weighted by Crippen LogP contribution is 2.02. The van der Waals surface area contributed by atoms with Gasteiger partial charge in [-0.2, -0.15) is 4.98 Å². The Bertz CT molecular complexity index is 363. The zero-order chi connectivity index (χ0) is 12.6. The predicted octanol–water partition coefficient (Wildman–Crippen LogP) is 2.18. The van der Waals surface area contributed by atoms with Gasteiger partial charge in [0.2, 0.25) is 0 Å². The third-order valence-electron chi connectivity index (χ3n) is 1.98. The van der Waals surface area contributed by atoms with E-state index in [0.717, 1.165) is 25.5 Å². The van der Waals surface area contributed by atoms with E-state index in [9.17, 15) is 9.18 Å². The summed E-state index contributed by atoms with van der Waals surface area (Å²) in [5.74, 6) is -0.970. The molecular weight excluding hydrogens is 209 g/mol. The molecule has 0 bridgehead atoms. The molecule has 1 rings (SSSR count). The summed E-state index contributed by atoms with van der Waals surface area (Å²) in [6, 6.07) is 0. The van der Waals surface area contributed by atoms with Gasteiger partial charge < -0.3 is 5.73 Å². The van der Waals surface area contributed by atoms with Crippen molar-refractivity contribution in [2.45, 2.75) is 46.6 Å². The molecule has 0 saturated carbocycles. The zero-order valence-electron chi connectivity index (χ0n) is 10.2. The van der Waals surface area contributed by atoms with Crippen molar-refractivity contribution in [3.05, 3.63) is 22.5 Å². The first-order valence-electron chi connectivity index (χ1n) is 5.67. The second-order valence-electron chi connectivity index (χ2n) is 3.16. The normalized spacial score (nSPS) is 9.50. The van der Waals surface area contributed by atoms with Gasteiger partial charge in [0.25, 0.3) is 0 Å². The maximum absolute atomic E-state index is 12.9. The van der Waals surface area contributed by atoms with Gasteiger partial charge in [0.05, 0.1) is 0 Å². The average molecular weight is 229 g/mol. The fraction of sp³-hybridized carbons (Fsp3) is 0.636. The molecule has 0 aliphatic heterocycles. The topological polar surface area (TPSA) is 60.9 Å².